The second kappa shape index (κ2) is 11.3. The van der Waals surface area contributed by atoms with E-state index in [1.54, 1.807) is 18.2 Å². The van der Waals surface area contributed by atoms with E-state index in [4.69, 9.17) is 14.6 Å². The molecule has 2 N–H and O–H groups in total. The first-order chi connectivity index (χ1) is 16.3. The van der Waals surface area contributed by atoms with E-state index in [0.29, 0.717) is 23.7 Å². The number of anilines is 1. The van der Waals surface area contributed by atoms with Gasteiger partial charge in [-0.15, -0.1) is 0 Å². The van der Waals surface area contributed by atoms with Crippen molar-refractivity contribution in [1.29, 1.82) is 5.26 Å². The number of hydrogen-bond acceptors (Lipinski definition) is 5. The second-order valence-electron chi connectivity index (χ2n) is 7.32. The van der Waals surface area contributed by atoms with Crippen LogP contribution in [0, 0.1) is 21.8 Å². The third-order valence-corrected chi connectivity index (χ3v) is 5.56. The number of ether oxygens (including phenoxy) is 2. The zero-order valence-electron chi connectivity index (χ0n) is 18.5. The molecule has 0 saturated carbocycles. The third-order valence-electron chi connectivity index (χ3n) is 4.76. The summed E-state index contributed by atoms with van der Waals surface area (Å²) >= 11 is 2.12. The van der Waals surface area contributed by atoms with Crippen LogP contribution >= 0.6 is 22.6 Å². The molecule has 3 aromatic carbocycles. The summed E-state index contributed by atoms with van der Waals surface area (Å²) in [6.07, 6.45) is 1.44. The minimum absolute atomic E-state index is 0.0285. The predicted molar refractivity (Wildman–Crippen MR) is 137 cm³/mol. The summed E-state index contributed by atoms with van der Waals surface area (Å²) in [5, 5.41) is 21.2. The van der Waals surface area contributed by atoms with Gasteiger partial charge in [0, 0.05) is 5.69 Å². The lowest BCUT2D eigenvalue weighted by molar-refractivity contribution is -0.112. The molecule has 0 unspecified atom stereocenters. The molecule has 3 aromatic rings. The van der Waals surface area contributed by atoms with Crippen molar-refractivity contribution in [2.45, 2.75) is 13.5 Å². The average Bonchev–Trinajstić information content (AvgIpc) is 2.81. The number of nitrogens with one attached hydrogen (secondary N) is 1. The molecule has 0 saturated heterocycles. The van der Waals surface area contributed by atoms with Gasteiger partial charge in [0.05, 0.1) is 16.2 Å². The Kier molecular flexibility index (Phi) is 8.27. The predicted octanol–water partition coefficient (Wildman–Crippen LogP) is 5.43. The first-order valence-corrected chi connectivity index (χ1v) is 11.2. The normalized spacial score (nSPS) is 10.8. The van der Waals surface area contributed by atoms with Crippen LogP contribution in [0.1, 0.15) is 27.0 Å². The van der Waals surface area contributed by atoms with Crippen molar-refractivity contribution < 1.29 is 24.2 Å². The number of methoxy groups -OCH3 is 1. The quantitative estimate of drug-likeness (QED) is 0.213. The van der Waals surface area contributed by atoms with Gasteiger partial charge in [0.25, 0.3) is 5.91 Å². The Morgan fingerprint density at radius 3 is 2.59 bits per heavy atom. The number of hydrogen-bond donors (Lipinski definition) is 2. The Morgan fingerprint density at radius 1 is 1.15 bits per heavy atom. The average molecular weight is 568 g/mol. The molecule has 0 heterocycles. The fraction of sp³-hybridized carbons (Fsp3) is 0.115. The maximum Gasteiger partial charge on any atom is 0.335 e. The van der Waals surface area contributed by atoms with E-state index < -0.39 is 11.9 Å². The molecule has 7 nitrogen and oxygen atoms in total. The van der Waals surface area contributed by atoms with Crippen molar-refractivity contribution in [2.75, 3.05) is 12.4 Å². The van der Waals surface area contributed by atoms with E-state index in [2.05, 4.69) is 27.9 Å². The van der Waals surface area contributed by atoms with E-state index in [1.165, 1.54) is 31.4 Å². The first kappa shape index (κ1) is 24.8. The van der Waals surface area contributed by atoms with Gasteiger partial charge in [-0.25, -0.2) is 4.79 Å². The standard InChI is InChI=1S/C26H21IN2O5/c1-16-5-3-6-17(9-16)15-34-24-22(27)11-18(12-23(24)33-2)10-20(14-28)25(30)29-21-8-4-7-19(13-21)26(31)32/h3-13H,15H2,1-2H3,(H,29,30)(H,31,32)/b20-10-. The van der Waals surface area contributed by atoms with Crippen LogP contribution in [0.25, 0.3) is 6.08 Å². The van der Waals surface area contributed by atoms with Gasteiger partial charge >= 0.3 is 5.97 Å². The highest BCUT2D eigenvalue weighted by atomic mass is 127. The van der Waals surface area contributed by atoms with Crippen molar-refractivity contribution in [1.82, 2.24) is 0 Å². The van der Waals surface area contributed by atoms with Crippen molar-refractivity contribution in [2.24, 2.45) is 0 Å². The van der Waals surface area contributed by atoms with Crippen LogP contribution in [0.4, 0.5) is 5.69 Å². The summed E-state index contributed by atoms with van der Waals surface area (Å²) in [6.45, 7) is 2.38. The summed E-state index contributed by atoms with van der Waals surface area (Å²) in [5.74, 6) is -0.731. The Balaban J connectivity index is 1.82. The van der Waals surface area contributed by atoms with Crippen LogP contribution in [-0.2, 0) is 11.4 Å². The van der Waals surface area contributed by atoms with E-state index in [1.807, 2.05) is 37.3 Å². The second-order valence-corrected chi connectivity index (χ2v) is 8.48. The molecule has 0 aliphatic rings. The van der Waals surface area contributed by atoms with E-state index in [0.717, 1.165) is 14.7 Å². The summed E-state index contributed by atoms with van der Waals surface area (Å²) in [5.41, 5.74) is 2.90. The van der Waals surface area contributed by atoms with Crippen LogP contribution in [0.2, 0.25) is 0 Å². The van der Waals surface area contributed by atoms with E-state index in [-0.39, 0.29) is 16.8 Å². The highest BCUT2D eigenvalue weighted by Gasteiger charge is 2.15. The lowest BCUT2D eigenvalue weighted by Crippen LogP contribution is -2.14. The minimum Gasteiger partial charge on any atom is -0.493 e. The summed E-state index contributed by atoms with van der Waals surface area (Å²) in [4.78, 5) is 23.7. The number of aryl methyl sites for hydroxylation is 1. The number of carboxylic acids is 1. The van der Waals surface area contributed by atoms with Gasteiger partial charge in [-0.1, -0.05) is 35.9 Å². The van der Waals surface area contributed by atoms with Crippen LogP contribution in [-0.4, -0.2) is 24.1 Å². The smallest absolute Gasteiger partial charge is 0.335 e. The highest BCUT2D eigenvalue weighted by molar-refractivity contribution is 14.1. The Morgan fingerprint density at radius 2 is 1.91 bits per heavy atom. The van der Waals surface area contributed by atoms with Gasteiger partial charge in [0.15, 0.2) is 11.5 Å². The molecule has 0 aliphatic carbocycles. The van der Waals surface area contributed by atoms with Crippen molar-refractivity contribution in [3.05, 3.63) is 92.1 Å². The molecule has 0 bridgehead atoms. The molecule has 172 valence electrons. The molecule has 1 amide bonds. The fourth-order valence-corrected chi connectivity index (χ4v) is 3.95. The molecule has 0 atom stereocenters. The van der Waals surface area contributed by atoms with Gasteiger partial charge in [-0.2, -0.15) is 5.26 Å². The lowest BCUT2D eigenvalue weighted by Gasteiger charge is -2.14. The Hall–Kier alpha value is -3.84. The van der Waals surface area contributed by atoms with Crippen molar-refractivity contribution in [3.63, 3.8) is 0 Å². The molecule has 34 heavy (non-hydrogen) atoms. The van der Waals surface area contributed by atoms with Crippen LogP contribution < -0.4 is 14.8 Å². The maximum absolute atomic E-state index is 12.6. The number of aromatic carboxylic acids is 1. The number of amides is 1. The highest BCUT2D eigenvalue weighted by Crippen LogP contribution is 2.35. The topological polar surface area (TPSA) is 109 Å². The van der Waals surface area contributed by atoms with Gasteiger partial charge in [0.1, 0.15) is 18.2 Å². The maximum atomic E-state index is 12.6. The zero-order chi connectivity index (χ0) is 24.7. The molecule has 0 aliphatic heterocycles. The number of nitrogens with zero attached hydrogens (tertiary/aromatic N) is 1. The van der Waals surface area contributed by atoms with Gasteiger partial charge in [-0.3, -0.25) is 4.79 Å². The third kappa shape index (κ3) is 6.36. The SMILES string of the molecule is COc1cc(/C=C(/C#N)C(=O)Nc2cccc(C(=O)O)c2)cc(I)c1OCc1cccc(C)c1. The summed E-state index contributed by atoms with van der Waals surface area (Å²) in [6, 6.07) is 19.2. The molecular formula is C26H21IN2O5. The molecule has 0 radical (unpaired) electrons. The lowest BCUT2D eigenvalue weighted by atomic mass is 10.1. The largest absolute Gasteiger partial charge is 0.493 e. The molecular weight excluding hydrogens is 547 g/mol. The Bertz CT molecular complexity index is 1310. The monoisotopic (exact) mass is 568 g/mol. The number of carbonyl (C=O) groups excluding carboxylic acids is 1. The van der Waals surface area contributed by atoms with Crippen molar-refractivity contribution in [3.8, 4) is 17.6 Å². The zero-order valence-corrected chi connectivity index (χ0v) is 20.6. The van der Waals surface area contributed by atoms with Crippen molar-refractivity contribution >= 4 is 46.2 Å². The number of carbonyl (C=O) groups is 2. The van der Waals surface area contributed by atoms with Crippen LogP contribution in [0.5, 0.6) is 11.5 Å². The molecule has 0 aromatic heterocycles. The van der Waals surface area contributed by atoms with Gasteiger partial charge < -0.3 is 19.9 Å². The first-order valence-electron chi connectivity index (χ1n) is 10.1. The number of carboxylic acid groups (broad SMARTS) is 1. The molecule has 8 heteroatoms. The summed E-state index contributed by atoms with van der Waals surface area (Å²) < 4.78 is 12.2. The Labute approximate surface area is 210 Å². The number of nitriles is 1. The molecule has 3 rings (SSSR count). The van der Waals surface area contributed by atoms with Crippen LogP contribution in [0.3, 0.4) is 0 Å². The number of rotatable bonds is 8. The summed E-state index contributed by atoms with van der Waals surface area (Å²) in [7, 11) is 1.52. The van der Waals surface area contributed by atoms with Gasteiger partial charge in [0.2, 0.25) is 0 Å². The molecule has 0 fully saturated rings. The molecule has 0 spiro atoms. The fourth-order valence-electron chi connectivity index (χ4n) is 3.16. The number of benzene rings is 3. The van der Waals surface area contributed by atoms with Crippen LogP contribution in [0.15, 0.2) is 66.2 Å². The van der Waals surface area contributed by atoms with Gasteiger partial charge in [-0.05, 0) is 77.0 Å². The number of halogens is 1. The van der Waals surface area contributed by atoms with E-state index in [9.17, 15) is 14.9 Å². The van der Waals surface area contributed by atoms with E-state index >= 15 is 0 Å². The minimum atomic E-state index is -1.11.